The van der Waals surface area contributed by atoms with E-state index in [0.29, 0.717) is 6.54 Å². The summed E-state index contributed by atoms with van der Waals surface area (Å²) in [5.74, 6) is 0. The topological polar surface area (TPSA) is 38.5 Å². The smallest absolute Gasteiger partial charge is 0.0597 e. The molecular formula is C16H28N2O. The lowest BCUT2D eigenvalue weighted by Gasteiger charge is -2.38. The van der Waals surface area contributed by atoms with Gasteiger partial charge in [-0.1, -0.05) is 30.3 Å². The van der Waals surface area contributed by atoms with E-state index < -0.39 is 0 Å². The van der Waals surface area contributed by atoms with Crippen LogP contribution in [0.5, 0.6) is 0 Å². The molecule has 2 N–H and O–H groups in total. The molecule has 3 heteroatoms. The molecule has 0 spiro atoms. The molecule has 0 aliphatic rings. The Hall–Kier alpha value is -0.900. The Labute approximate surface area is 117 Å². The van der Waals surface area contributed by atoms with E-state index in [1.54, 1.807) is 0 Å². The summed E-state index contributed by atoms with van der Waals surface area (Å²) in [6.07, 6.45) is 1.24. The van der Waals surface area contributed by atoms with E-state index in [2.05, 4.69) is 57.0 Å². The summed E-state index contributed by atoms with van der Waals surface area (Å²) in [6, 6.07) is 10.5. The number of ether oxygens (including phenoxy) is 1. The predicted octanol–water partition coefficient (Wildman–Crippen LogP) is 2.30. The molecule has 1 rings (SSSR count). The predicted molar refractivity (Wildman–Crippen MR) is 81.3 cm³/mol. The zero-order chi connectivity index (χ0) is 14.3. The van der Waals surface area contributed by atoms with E-state index in [9.17, 15) is 0 Å². The summed E-state index contributed by atoms with van der Waals surface area (Å²) < 4.78 is 5.62. The van der Waals surface area contributed by atoms with Crippen LogP contribution in [0.15, 0.2) is 30.3 Å². The molecule has 3 nitrogen and oxygen atoms in total. The van der Waals surface area contributed by atoms with E-state index in [-0.39, 0.29) is 11.6 Å². The average molecular weight is 264 g/mol. The zero-order valence-corrected chi connectivity index (χ0v) is 12.7. The first-order valence-electron chi connectivity index (χ1n) is 7.05. The van der Waals surface area contributed by atoms with Crippen molar-refractivity contribution in [3.63, 3.8) is 0 Å². The van der Waals surface area contributed by atoms with Gasteiger partial charge in [0.1, 0.15) is 0 Å². The Morgan fingerprint density at radius 2 is 1.89 bits per heavy atom. The lowest BCUT2D eigenvalue weighted by atomic mass is 9.91. The first-order chi connectivity index (χ1) is 8.98. The molecule has 1 aromatic rings. The molecule has 0 fully saturated rings. The van der Waals surface area contributed by atoms with Crippen LogP contribution in [-0.2, 0) is 11.2 Å². The summed E-state index contributed by atoms with van der Waals surface area (Å²) in [5, 5.41) is 0. The molecule has 0 radical (unpaired) electrons. The van der Waals surface area contributed by atoms with Gasteiger partial charge in [0.05, 0.1) is 12.7 Å². The van der Waals surface area contributed by atoms with Gasteiger partial charge in [0.2, 0.25) is 0 Å². The van der Waals surface area contributed by atoms with Gasteiger partial charge in [-0.05, 0) is 39.8 Å². The highest BCUT2D eigenvalue weighted by atomic mass is 16.5. The summed E-state index contributed by atoms with van der Waals surface area (Å²) in [6.45, 7) is 8.63. The van der Waals surface area contributed by atoms with Crippen molar-refractivity contribution in [3.8, 4) is 0 Å². The number of benzene rings is 1. The summed E-state index contributed by atoms with van der Waals surface area (Å²) in [7, 11) is 2.12. The fourth-order valence-corrected chi connectivity index (χ4v) is 2.09. The van der Waals surface area contributed by atoms with Crippen LogP contribution in [0.1, 0.15) is 26.3 Å². The van der Waals surface area contributed by atoms with Crippen LogP contribution in [0.3, 0.4) is 0 Å². The molecule has 108 valence electrons. The van der Waals surface area contributed by atoms with Gasteiger partial charge in [-0.25, -0.2) is 0 Å². The minimum Gasteiger partial charge on any atom is -0.377 e. The molecule has 0 heterocycles. The molecule has 0 aliphatic heterocycles. The van der Waals surface area contributed by atoms with Crippen molar-refractivity contribution in [1.29, 1.82) is 0 Å². The third-order valence-corrected chi connectivity index (χ3v) is 3.67. The number of hydrogen-bond donors (Lipinski definition) is 1. The Morgan fingerprint density at radius 3 is 2.42 bits per heavy atom. The second-order valence-corrected chi connectivity index (χ2v) is 5.70. The molecule has 1 atom stereocenters. The van der Waals surface area contributed by atoms with E-state index in [0.717, 1.165) is 19.6 Å². The quantitative estimate of drug-likeness (QED) is 0.783. The number of nitrogens with zero attached hydrogens (tertiary/aromatic N) is 1. The third-order valence-electron chi connectivity index (χ3n) is 3.67. The van der Waals surface area contributed by atoms with E-state index in [1.165, 1.54) is 5.56 Å². The van der Waals surface area contributed by atoms with E-state index in [4.69, 9.17) is 10.5 Å². The fourth-order valence-electron chi connectivity index (χ4n) is 2.09. The number of hydrogen-bond acceptors (Lipinski definition) is 3. The van der Waals surface area contributed by atoms with Crippen molar-refractivity contribution in [2.75, 3.05) is 26.7 Å². The maximum atomic E-state index is 6.00. The minimum atomic E-state index is -0.0261. The Balaban J connectivity index is 2.58. The average Bonchev–Trinajstić information content (AvgIpc) is 2.39. The second-order valence-electron chi connectivity index (χ2n) is 5.70. The number of nitrogens with two attached hydrogens (primary N) is 1. The summed E-state index contributed by atoms with van der Waals surface area (Å²) in [5.41, 5.74) is 7.30. The van der Waals surface area contributed by atoms with Crippen molar-refractivity contribution >= 4 is 0 Å². The van der Waals surface area contributed by atoms with Gasteiger partial charge in [0.15, 0.2) is 0 Å². The van der Waals surface area contributed by atoms with Crippen molar-refractivity contribution in [2.24, 2.45) is 5.73 Å². The molecular weight excluding hydrogens is 236 g/mol. The lowest BCUT2D eigenvalue weighted by molar-refractivity contribution is 0.0394. The summed E-state index contributed by atoms with van der Waals surface area (Å²) >= 11 is 0. The van der Waals surface area contributed by atoms with Crippen molar-refractivity contribution in [3.05, 3.63) is 35.9 Å². The molecule has 0 aliphatic carbocycles. The van der Waals surface area contributed by atoms with E-state index in [1.807, 2.05) is 6.07 Å². The van der Waals surface area contributed by atoms with Crippen molar-refractivity contribution in [2.45, 2.75) is 38.8 Å². The van der Waals surface area contributed by atoms with E-state index >= 15 is 0 Å². The molecule has 0 saturated carbocycles. The normalized spacial score (nSPS) is 14.9. The Kier molecular flexibility index (Phi) is 6.49. The van der Waals surface area contributed by atoms with Crippen LogP contribution in [0.4, 0.5) is 0 Å². The maximum Gasteiger partial charge on any atom is 0.0597 e. The highest BCUT2D eigenvalue weighted by molar-refractivity contribution is 5.17. The molecule has 1 aromatic carbocycles. The zero-order valence-electron chi connectivity index (χ0n) is 12.7. The van der Waals surface area contributed by atoms with Crippen LogP contribution in [0.25, 0.3) is 0 Å². The molecule has 19 heavy (non-hydrogen) atoms. The number of likely N-dealkylation sites (N-methyl/N-ethyl adjacent to an activating group) is 1. The lowest BCUT2D eigenvalue weighted by Crippen LogP contribution is -2.52. The Bertz CT molecular complexity index is 353. The van der Waals surface area contributed by atoms with Gasteiger partial charge in [-0.3, -0.25) is 4.90 Å². The first kappa shape index (κ1) is 16.2. The van der Waals surface area contributed by atoms with Crippen LogP contribution in [-0.4, -0.2) is 43.3 Å². The molecule has 0 aromatic heterocycles. The van der Waals surface area contributed by atoms with Crippen LogP contribution in [0, 0.1) is 0 Å². The molecule has 0 amide bonds. The first-order valence-corrected chi connectivity index (χ1v) is 7.05. The van der Waals surface area contributed by atoms with Gasteiger partial charge in [0.25, 0.3) is 0 Å². The van der Waals surface area contributed by atoms with Crippen molar-refractivity contribution in [1.82, 2.24) is 4.90 Å². The standard InChI is InChI=1S/C16H28N2O/c1-14(2)19-11-10-18(4)16(3,13-17)12-15-8-6-5-7-9-15/h5-9,14H,10-13,17H2,1-4H3. The Morgan fingerprint density at radius 1 is 1.26 bits per heavy atom. The maximum absolute atomic E-state index is 6.00. The third kappa shape index (κ3) is 5.31. The minimum absolute atomic E-state index is 0.0261. The summed E-state index contributed by atoms with van der Waals surface area (Å²) in [4.78, 5) is 2.31. The van der Waals surface area contributed by atoms with Gasteiger partial charge in [-0.2, -0.15) is 0 Å². The van der Waals surface area contributed by atoms with Crippen LogP contribution in [0.2, 0.25) is 0 Å². The molecule has 0 saturated heterocycles. The monoisotopic (exact) mass is 264 g/mol. The van der Waals surface area contributed by atoms with Gasteiger partial charge in [0, 0.05) is 18.6 Å². The highest BCUT2D eigenvalue weighted by Gasteiger charge is 2.27. The number of rotatable bonds is 8. The van der Waals surface area contributed by atoms with Crippen LogP contribution < -0.4 is 5.73 Å². The molecule has 1 unspecified atom stereocenters. The SMILES string of the molecule is CC(C)OCCN(C)C(C)(CN)Cc1ccccc1. The molecule has 0 bridgehead atoms. The van der Waals surface area contributed by atoms with Gasteiger partial charge in [-0.15, -0.1) is 0 Å². The highest BCUT2D eigenvalue weighted by Crippen LogP contribution is 2.18. The van der Waals surface area contributed by atoms with Gasteiger partial charge >= 0.3 is 0 Å². The largest absolute Gasteiger partial charge is 0.377 e. The fraction of sp³-hybridized carbons (Fsp3) is 0.625. The van der Waals surface area contributed by atoms with Gasteiger partial charge < -0.3 is 10.5 Å². The van der Waals surface area contributed by atoms with Crippen molar-refractivity contribution < 1.29 is 4.74 Å². The second kappa shape index (κ2) is 7.63. The van der Waals surface area contributed by atoms with Crippen LogP contribution >= 0.6 is 0 Å².